The summed E-state index contributed by atoms with van der Waals surface area (Å²) < 4.78 is 40.9. The summed E-state index contributed by atoms with van der Waals surface area (Å²) in [6, 6.07) is 0. The number of aromatic nitrogens is 2. The largest absolute Gasteiger partial charge is 0.427 e. The molecule has 0 bridgehead atoms. The fourth-order valence-electron chi connectivity index (χ4n) is 2.96. The molecule has 0 saturated heterocycles. The molecule has 0 amide bonds. The zero-order chi connectivity index (χ0) is 14.3. The van der Waals surface area contributed by atoms with Gasteiger partial charge in [0, 0.05) is 0 Å². The number of rotatable bonds is 2. The summed E-state index contributed by atoms with van der Waals surface area (Å²) in [4.78, 5) is 3.59. The Labute approximate surface area is 118 Å². The van der Waals surface area contributed by atoms with Crippen LogP contribution in [0.4, 0.5) is 13.2 Å². The average molecular weight is 304 g/mol. The number of hydrogen-bond acceptors (Lipinski definition) is 3. The van der Waals surface area contributed by atoms with Crippen molar-refractivity contribution in [2.24, 2.45) is 5.92 Å². The molecule has 20 heavy (non-hydrogen) atoms. The minimum atomic E-state index is -4.44. The van der Waals surface area contributed by atoms with Gasteiger partial charge in [0.05, 0.1) is 18.0 Å². The minimum Gasteiger partial charge on any atom is -0.387 e. The lowest BCUT2D eigenvalue weighted by molar-refractivity contribution is -0.136. The van der Waals surface area contributed by atoms with Crippen LogP contribution in [0.1, 0.15) is 48.8 Å². The summed E-state index contributed by atoms with van der Waals surface area (Å²) >= 11 is 0.645. The van der Waals surface area contributed by atoms with E-state index in [9.17, 15) is 18.3 Å². The van der Waals surface area contributed by atoms with E-state index in [1.54, 1.807) is 0 Å². The van der Waals surface area contributed by atoms with Crippen molar-refractivity contribution in [1.29, 1.82) is 0 Å². The number of fused-ring (bicyclic) bond motifs is 1. The van der Waals surface area contributed by atoms with E-state index < -0.39 is 17.2 Å². The average Bonchev–Trinajstić information content (AvgIpc) is 2.98. The number of nitrogens with zero attached hydrogens (tertiary/aromatic N) is 2. The van der Waals surface area contributed by atoms with E-state index in [1.165, 1.54) is 16.9 Å². The zero-order valence-electron chi connectivity index (χ0n) is 10.7. The molecule has 1 aliphatic rings. The second-order valence-corrected chi connectivity index (χ2v) is 6.29. The maximum atomic E-state index is 13.2. The predicted octanol–water partition coefficient (Wildman–Crippen LogP) is 4.03. The monoisotopic (exact) mass is 304 g/mol. The first-order chi connectivity index (χ1) is 9.48. The lowest BCUT2D eigenvalue weighted by atomic mass is 9.84. The Hall–Kier alpha value is -1.08. The molecule has 0 aromatic carbocycles. The van der Waals surface area contributed by atoms with E-state index in [4.69, 9.17) is 0 Å². The first-order valence-corrected chi connectivity index (χ1v) is 7.50. The van der Waals surface area contributed by atoms with Crippen molar-refractivity contribution >= 4 is 16.2 Å². The molecular weight excluding hydrogens is 289 g/mol. The van der Waals surface area contributed by atoms with Gasteiger partial charge in [-0.2, -0.15) is 13.2 Å². The van der Waals surface area contributed by atoms with Crippen molar-refractivity contribution in [2.45, 2.75) is 44.4 Å². The normalized spacial score (nSPS) is 19.6. The summed E-state index contributed by atoms with van der Waals surface area (Å²) in [6.07, 6.45) is 1.85. The lowest BCUT2D eigenvalue weighted by Gasteiger charge is -2.27. The van der Waals surface area contributed by atoms with Crippen LogP contribution < -0.4 is 0 Å². The first kappa shape index (κ1) is 13.9. The highest BCUT2D eigenvalue weighted by Gasteiger charge is 2.40. The molecule has 3 rings (SSSR count). The first-order valence-electron chi connectivity index (χ1n) is 6.68. The number of imidazole rings is 1. The fourth-order valence-corrected chi connectivity index (χ4v) is 3.96. The van der Waals surface area contributed by atoms with E-state index in [-0.39, 0.29) is 11.6 Å². The third-order valence-corrected chi connectivity index (χ3v) is 5.09. The van der Waals surface area contributed by atoms with Crippen LogP contribution in [0.3, 0.4) is 0 Å². The number of hydrogen-bond donors (Lipinski definition) is 1. The van der Waals surface area contributed by atoms with Crippen molar-refractivity contribution in [2.75, 3.05) is 0 Å². The van der Waals surface area contributed by atoms with Gasteiger partial charge in [0.15, 0.2) is 0 Å². The molecule has 1 atom stereocenters. The van der Waals surface area contributed by atoms with Gasteiger partial charge >= 0.3 is 6.18 Å². The number of thiazole rings is 1. The van der Waals surface area contributed by atoms with E-state index in [1.807, 2.05) is 0 Å². The number of aliphatic hydroxyl groups excluding tert-OH is 1. The van der Waals surface area contributed by atoms with Gasteiger partial charge in [-0.15, -0.1) is 11.3 Å². The van der Waals surface area contributed by atoms with Crippen molar-refractivity contribution in [3.05, 3.63) is 23.1 Å². The number of aliphatic hydroxyl groups is 1. The van der Waals surface area contributed by atoms with E-state index in [2.05, 4.69) is 4.98 Å². The topological polar surface area (TPSA) is 37.5 Å². The van der Waals surface area contributed by atoms with Crippen molar-refractivity contribution < 1.29 is 18.3 Å². The van der Waals surface area contributed by atoms with Gasteiger partial charge in [0.2, 0.25) is 0 Å². The van der Waals surface area contributed by atoms with Crippen molar-refractivity contribution in [1.82, 2.24) is 9.38 Å². The SMILES string of the molecule is O[C@H](c1c(C(F)(F)F)sc2cncn12)C1CCCCC1. The minimum absolute atomic E-state index is 0.0399. The van der Waals surface area contributed by atoms with Crippen LogP contribution in [-0.2, 0) is 6.18 Å². The molecule has 0 radical (unpaired) electrons. The second kappa shape index (κ2) is 5.04. The van der Waals surface area contributed by atoms with Gasteiger partial charge in [-0.05, 0) is 18.8 Å². The molecule has 1 aliphatic carbocycles. The van der Waals surface area contributed by atoms with E-state index in [0.29, 0.717) is 16.2 Å². The molecule has 2 aromatic rings. The Bertz CT molecular complexity index is 598. The van der Waals surface area contributed by atoms with Crippen molar-refractivity contribution in [3.63, 3.8) is 0 Å². The molecule has 2 aromatic heterocycles. The Morgan fingerprint density at radius 1 is 1.30 bits per heavy atom. The van der Waals surface area contributed by atoms with Gasteiger partial charge < -0.3 is 5.11 Å². The Morgan fingerprint density at radius 2 is 2.00 bits per heavy atom. The van der Waals surface area contributed by atoms with Crippen LogP contribution >= 0.6 is 11.3 Å². The molecule has 1 saturated carbocycles. The van der Waals surface area contributed by atoms with E-state index >= 15 is 0 Å². The highest BCUT2D eigenvalue weighted by atomic mass is 32.1. The van der Waals surface area contributed by atoms with Crippen LogP contribution in [0.5, 0.6) is 0 Å². The van der Waals surface area contributed by atoms with Crippen LogP contribution in [0.15, 0.2) is 12.5 Å². The maximum absolute atomic E-state index is 13.2. The molecule has 7 heteroatoms. The molecule has 110 valence electrons. The van der Waals surface area contributed by atoms with Gasteiger partial charge in [-0.1, -0.05) is 19.3 Å². The molecule has 1 N–H and O–H groups in total. The van der Waals surface area contributed by atoms with Gasteiger partial charge in [0.25, 0.3) is 0 Å². The third-order valence-electron chi connectivity index (χ3n) is 3.94. The van der Waals surface area contributed by atoms with Crippen LogP contribution in [-0.4, -0.2) is 14.5 Å². The van der Waals surface area contributed by atoms with Gasteiger partial charge in [-0.25, -0.2) is 4.98 Å². The Morgan fingerprint density at radius 3 is 2.65 bits per heavy atom. The molecule has 3 nitrogen and oxygen atoms in total. The predicted molar refractivity (Wildman–Crippen MR) is 69.6 cm³/mol. The van der Waals surface area contributed by atoms with Crippen LogP contribution in [0, 0.1) is 5.92 Å². The van der Waals surface area contributed by atoms with Crippen molar-refractivity contribution in [3.8, 4) is 0 Å². The molecular formula is C13H15F3N2OS. The molecule has 2 heterocycles. The highest BCUT2D eigenvalue weighted by Crippen LogP contribution is 2.44. The quantitative estimate of drug-likeness (QED) is 0.909. The summed E-state index contributed by atoms with van der Waals surface area (Å²) in [5.41, 5.74) is -0.0399. The van der Waals surface area contributed by atoms with Crippen LogP contribution in [0.25, 0.3) is 4.83 Å². The fraction of sp³-hybridized carbons (Fsp3) is 0.615. The summed E-state index contributed by atoms with van der Waals surface area (Å²) in [7, 11) is 0. The van der Waals surface area contributed by atoms with Crippen LogP contribution in [0.2, 0.25) is 0 Å². The summed E-state index contributed by atoms with van der Waals surface area (Å²) in [5.74, 6) is -0.0925. The smallest absolute Gasteiger partial charge is 0.387 e. The molecule has 1 fully saturated rings. The van der Waals surface area contributed by atoms with Gasteiger partial charge in [-0.3, -0.25) is 4.40 Å². The Kier molecular flexibility index (Phi) is 3.50. The molecule has 0 aliphatic heterocycles. The second-order valence-electron chi connectivity index (χ2n) is 5.26. The van der Waals surface area contributed by atoms with Gasteiger partial charge in [0.1, 0.15) is 16.0 Å². The summed E-state index contributed by atoms with van der Waals surface area (Å²) in [6.45, 7) is 0. The van der Waals surface area contributed by atoms with E-state index in [0.717, 1.165) is 32.1 Å². The zero-order valence-corrected chi connectivity index (χ0v) is 11.5. The standard InChI is InChI=1S/C13H15F3N2OS/c14-13(15,16)12-10(18-7-17-6-9(18)20-12)11(19)8-4-2-1-3-5-8/h6-8,11,19H,1-5H2/t11-/m0/s1. The Balaban J connectivity index is 2.05. The summed E-state index contributed by atoms with van der Waals surface area (Å²) in [5, 5.41) is 10.5. The maximum Gasteiger partial charge on any atom is 0.427 e. The highest BCUT2D eigenvalue weighted by molar-refractivity contribution is 7.17. The number of halogens is 3. The number of alkyl halides is 3. The third kappa shape index (κ3) is 2.33. The lowest BCUT2D eigenvalue weighted by Crippen LogP contribution is -2.20. The molecule has 0 unspecified atom stereocenters. The molecule has 0 spiro atoms.